The zero-order valence-corrected chi connectivity index (χ0v) is 11.3. The second-order valence-corrected chi connectivity index (χ2v) is 4.54. The van der Waals surface area contributed by atoms with Crippen molar-refractivity contribution in [2.24, 2.45) is 0 Å². The number of aromatic nitrogens is 1. The molecule has 0 radical (unpaired) electrons. The second-order valence-electron chi connectivity index (χ2n) is 4.54. The molecule has 0 aromatic carbocycles. The van der Waals surface area contributed by atoms with Crippen molar-refractivity contribution in [2.45, 2.75) is 18.9 Å². The number of anilines is 2. The fourth-order valence-corrected chi connectivity index (χ4v) is 2.24. The van der Waals surface area contributed by atoms with Gasteiger partial charge in [0, 0.05) is 20.2 Å². The number of nitrogens with two attached hydrogens (primary N) is 1. The Morgan fingerprint density at radius 2 is 2.11 bits per heavy atom. The minimum absolute atomic E-state index is 0.310. The Bertz CT molecular complexity index is 456. The standard InChI is InChI=1S/C13H19N3O3/c1-18-9-3-5-16(6-4-9)12-7-10(13(17)19-2)11(14)8-15-12/h7-9H,3-6,14H2,1-2H3. The van der Waals surface area contributed by atoms with E-state index in [0.29, 0.717) is 17.4 Å². The Morgan fingerprint density at radius 3 is 2.68 bits per heavy atom. The smallest absolute Gasteiger partial charge is 0.340 e. The Morgan fingerprint density at radius 1 is 1.42 bits per heavy atom. The van der Waals surface area contributed by atoms with Gasteiger partial charge in [-0.15, -0.1) is 0 Å². The number of carbonyl (C=O) groups is 1. The molecular formula is C13H19N3O3. The van der Waals surface area contributed by atoms with Crippen LogP contribution in [-0.2, 0) is 9.47 Å². The number of nitrogen functional groups attached to an aromatic ring is 1. The minimum Gasteiger partial charge on any atom is -0.465 e. The molecule has 1 aliphatic heterocycles. The van der Waals surface area contributed by atoms with E-state index in [0.717, 1.165) is 31.7 Å². The number of methoxy groups -OCH3 is 2. The second kappa shape index (κ2) is 5.88. The van der Waals surface area contributed by atoms with Crippen molar-refractivity contribution in [3.63, 3.8) is 0 Å². The SMILES string of the molecule is COC(=O)c1cc(N2CCC(OC)CC2)ncc1N. The third-order valence-electron chi connectivity index (χ3n) is 3.42. The summed E-state index contributed by atoms with van der Waals surface area (Å²) in [7, 11) is 3.07. The summed E-state index contributed by atoms with van der Waals surface area (Å²) in [4.78, 5) is 18.0. The molecule has 0 spiro atoms. The van der Waals surface area contributed by atoms with Gasteiger partial charge in [-0.25, -0.2) is 9.78 Å². The van der Waals surface area contributed by atoms with Gasteiger partial charge in [0.2, 0.25) is 0 Å². The highest BCUT2D eigenvalue weighted by Crippen LogP contribution is 2.23. The minimum atomic E-state index is -0.437. The molecule has 2 rings (SSSR count). The van der Waals surface area contributed by atoms with Crippen LogP contribution in [0.25, 0.3) is 0 Å². The molecule has 1 aromatic rings. The molecule has 0 bridgehead atoms. The van der Waals surface area contributed by atoms with Crippen molar-refractivity contribution >= 4 is 17.5 Å². The van der Waals surface area contributed by atoms with Crippen molar-refractivity contribution in [1.82, 2.24) is 4.98 Å². The average Bonchev–Trinajstić information content (AvgIpc) is 2.47. The van der Waals surface area contributed by atoms with Crippen LogP contribution in [0.1, 0.15) is 23.2 Å². The van der Waals surface area contributed by atoms with Crippen molar-refractivity contribution in [3.8, 4) is 0 Å². The van der Waals surface area contributed by atoms with Crippen LogP contribution < -0.4 is 10.6 Å². The number of ether oxygens (including phenoxy) is 2. The lowest BCUT2D eigenvalue weighted by atomic mass is 10.1. The lowest BCUT2D eigenvalue weighted by Gasteiger charge is -2.32. The van der Waals surface area contributed by atoms with E-state index in [1.54, 1.807) is 13.2 Å². The van der Waals surface area contributed by atoms with Gasteiger partial charge in [0.25, 0.3) is 0 Å². The van der Waals surface area contributed by atoms with Crippen LogP contribution in [0.4, 0.5) is 11.5 Å². The number of pyridine rings is 1. The third kappa shape index (κ3) is 2.96. The molecule has 1 fully saturated rings. The van der Waals surface area contributed by atoms with Gasteiger partial charge in [-0.1, -0.05) is 0 Å². The van der Waals surface area contributed by atoms with E-state index in [1.165, 1.54) is 13.3 Å². The first-order valence-electron chi connectivity index (χ1n) is 6.27. The number of nitrogens with zero attached hydrogens (tertiary/aromatic N) is 2. The number of hydrogen-bond acceptors (Lipinski definition) is 6. The van der Waals surface area contributed by atoms with E-state index in [9.17, 15) is 4.79 Å². The first-order chi connectivity index (χ1) is 9.15. The Kier molecular flexibility index (Phi) is 4.21. The van der Waals surface area contributed by atoms with Gasteiger partial charge in [0.15, 0.2) is 0 Å². The molecule has 1 aromatic heterocycles. The van der Waals surface area contributed by atoms with Crippen molar-refractivity contribution in [1.29, 1.82) is 0 Å². The Balaban J connectivity index is 2.15. The van der Waals surface area contributed by atoms with Gasteiger partial charge in [0.1, 0.15) is 5.82 Å². The molecule has 0 atom stereocenters. The molecule has 19 heavy (non-hydrogen) atoms. The molecule has 1 aliphatic rings. The highest BCUT2D eigenvalue weighted by molar-refractivity contribution is 5.95. The topological polar surface area (TPSA) is 77.7 Å². The predicted octanol–water partition coefficient (Wildman–Crippen LogP) is 1.07. The van der Waals surface area contributed by atoms with E-state index >= 15 is 0 Å². The molecule has 2 N–H and O–H groups in total. The molecule has 0 saturated carbocycles. The molecule has 2 heterocycles. The van der Waals surface area contributed by atoms with E-state index < -0.39 is 5.97 Å². The summed E-state index contributed by atoms with van der Waals surface area (Å²) in [6, 6.07) is 1.69. The lowest BCUT2D eigenvalue weighted by molar-refractivity contribution is 0.0601. The van der Waals surface area contributed by atoms with Gasteiger partial charge in [-0.05, 0) is 18.9 Å². The van der Waals surface area contributed by atoms with Gasteiger partial charge in [-0.2, -0.15) is 0 Å². The van der Waals surface area contributed by atoms with Crippen LogP contribution in [-0.4, -0.2) is 44.4 Å². The highest BCUT2D eigenvalue weighted by Gasteiger charge is 2.21. The summed E-state index contributed by atoms with van der Waals surface area (Å²) in [6.07, 6.45) is 3.72. The fraction of sp³-hybridized carbons (Fsp3) is 0.538. The predicted molar refractivity (Wildman–Crippen MR) is 72.2 cm³/mol. The monoisotopic (exact) mass is 265 g/mol. The van der Waals surface area contributed by atoms with Crippen molar-refractivity contribution in [3.05, 3.63) is 17.8 Å². The average molecular weight is 265 g/mol. The maximum absolute atomic E-state index is 11.6. The number of rotatable bonds is 3. The van der Waals surface area contributed by atoms with E-state index in [4.69, 9.17) is 15.2 Å². The molecule has 6 nitrogen and oxygen atoms in total. The number of esters is 1. The van der Waals surface area contributed by atoms with Crippen LogP contribution in [0.3, 0.4) is 0 Å². The molecular weight excluding hydrogens is 246 g/mol. The normalized spacial score (nSPS) is 16.4. The van der Waals surface area contributed by atoms with Gasteiger partial charge < -0.3 is 20.1 Å². The van der Waals surface area contributed by atoms with Gasteiger partial charge in [-0.3, -0.25) is 0 Å². The molecule has 6 heteroatoms. The fourth-order valence-electron chi connectivity index (χ4n) is 2.24. The molecule has 0 aliphatic carbocycles. The Hall–Kier alpha value is -1.82. The number of carbonyl (C=O) groups excluding carboxylic acids is 1. The maximum Gasteiger partial charge on any atom is 0.340 e. The van der Waals surface area contributed by atoms with Crippen molar-refractivity contribution < 1.29 is 14.3 Å². The first-order valence-corrected chi connectivity index (χ1v) is 6.27. The summed E-state index contributed by atoms with van der Waals surface area (Å²) in [5, 5.41) is 0. The zero-order chi connectivity index (χ0) is 13.8. The first kappa shape index (κ1) is 13.6. The van der Waals surface area contributed by atoms with Crippen molar-refractivity contribution in [2.75, 3.05) is 37.9 Å². The number of hydrogen-bond donors (Lipinski definition) is 1. The quantitative estimate of drug-likeness (QED) is 0.824. The van der Waals surface area contributed by atoms with Crippen LogP contribution >= 0.6 is 0 Å². The van der Waals surface area contributed by atoms with E-state index in [-0.39, 0.29) is 0 Å². The Labute approximate surface area is 112 Å². The van der Waals surface area contributed by atoms with E-state index in [1.807, 2.05) is 0 Å². The third-order valence-corrected chi connectivity index (χ3v) is 3.42. The molecule has 0 unspecified atom stereocenters. The zero-order valence-electron chi connectivity index (χ0n) is 11.3. The van der Waals surface area contributed by atoms with Crippen LogP contribution in [0.2, 0.25) is 0 Å². The summed E-state index contributed by atoms with van der Waals surface area (Å²) >= 11 is 0. The van der Waals surface area contributed by atoms with Crippen LogP contribution in [0.15, 0.2) is 12.3 Å². The summed E-state index contributed by atoms with van der Waals surface area (Å²) < 4.78 is 10.0. The summed E-state index contributed by atoms with van der Waals surface area (Å²) in [5.41, 5.74) is 6.44. The molecule has 0 amide bonds. The summed E-state index contributed by atoms with van der Waals surface area (Å²) in [6.45, 7) is 1.71. The lowest BCUT2D eigenvalue weighted by Crippen LogP contribution is -2.37. The summed E-state index contributed by atoms with van der Waals surface area (Å²) in [5.74, 6) is 0.317. The van der Waals surface area contributed by atoms with Crippen LogP contribution in [0, 0.1) is 0 Å². The highest BCUT2D eigenvalue weighted by atomic mass is 16.5. The van der Waals surface area contributed by atoms with Gasteiger partial charge in [0.05, 0.1) is 30.7 Å². The number of piperidine rings is 1. The largest absolute Gasteiger partial charge is 0.465 e. The molecule has 104 valence electrons. The molecule has 1 saturated heterocycles. The van der Waals surface area contributed by atoms with Gasteiger partial charge >= 0.3 is 5.97 Å². The maximum atomic E-state index is 11.6. The van der Waals surface area contributed by atoms with E-state index in [2.05, 4.69) is 9.88 Å². The van der Waals surface area contributed by atoms with Crippen LogP contribution in [0.5, 0.6) is 0 Å².